The normalized spacial score (nSPS) is 13.5. The maximum absolute atomic E-state index is 12.3. The molecule has 0 radical (unpaired) electrons. The molecule has 2 aromatic rings. The highest BCUT2D eigenvalue weighted by molar-refractivity contribution is 5.94. The molecular formula is C19H24N4O2. The van der Waals surface area contributed by atoms with E-state index in [1.54, 1.807) is 15.8 Å². The first-order chi connectivity index (χ1) is 12.1. The summed E-state index contributed by atoms with van der Waals surface area (Å²) in [5, 5.41) is 7.27. The summed E-state index contributed by atoms with van der Waals surface area (Å²) >= 11 is 0. The lowest BCUT2D eigenvalue weighted by atomic mass is 10.2. The number of amides is 2. The molecule has 25 heavy (non-hydrogen) atoms. The van der Waals surface area contributed by atoms with E-state index in [9.17, 15) is 9.59 Å². The third-order valence-electron chi connectivity index (χ3n) is 4.48. The Balaban J connectivity index is 1.64. The minimum absolute atomic E-state index is 0.0421. The van der Waals surface area contributed by atoms with Gasteiger partial charge >= 0.3 is 0 Å². The Bertz CT molecular complexity index is 743. The van der Waals surface area contributed by atoms with E-state index in [0.29, 0.717) is 25.2 Å². The molecule has 3 rings (SSSR count). The van der Waals surface area contributed by atoms with Gasteiger partial charge in [0.1, 0.15) is 0 Å². The van der Waals surface area contributed by atoms with E-state index in [0.717, 1.165) is 24.1 Å². The molecule has 1 aromatic carbocycles. The van der Waals surface area contributed by atoms with Crippen molar-refractivity contribution in [3.05, 3.63) is 47.8 Å². The van der Waals surface area contributed by atoms with E-state index in [-0.39, 0.29) is 17.7 Å². The van der Waals surface area contributed by atoms with Crippen molar-refractivity contribution in [1.29, 1.82) is 0 Å². The van der Waals surface area contributed by atoms with Gasteiger partial charge in [0, 0.05) is 42.9 Å². The number of carbonyl (C=O) groups excluding carboxylic acids is 2. The molecule has 6 heteroatoms. The number of nitrogens with zero attached hydrogens (tertiary/aromatic N) is 3. The highest BCUT2D eigenvalue weighted by Gasteiger charge is 2.29. The van der Waals surface area contributed by atoms with Gasteiger partial charge in [0.25, 0.3) is 5.91 Å². The van der Waals surface area contributed by atoms with Crippen molar-refractivity contribution >= 4 is 11.8 Å². The van der Waals surface area contributed by atoms with Crippen LogP contribution in [0.3, 0.4) is 0 Å². The van der Waals surface area contributed by atoms with Gasteiger partial charge in [0.15, 0.2) is 0 Å². The van der Waals surface area contributed by atoms with Crippen molar-refractivity contribution in [3.8, 4) is 5.69 Å². The molecule has 6 nitrogen and oxygen atoms in total. The zero-order valence-electron chi connectivity index (χ0n) is 14.7. The van der Waals surface area contributed by atoms with Gasteiger partial charge in [-0.05, 0) is 51.0 Å². The molecule has 0 spiro atoms. The van der Waals surface area contributed by atoms with Gasteiger partial charge in [-0.25, -0.2) is 4.68 Å². The average Bonchev–Trinajstić information content (AvgIpc) is 3.39. The van der Waals surface area contributed by atoms with E-state index in [1.165, 1.54) is 0 Å². The second-order valence-electron chi connectivity index (χ2n) is 6.31. The molecule has 1 saturated carbocycles. The van der Waals surface area contributed by atoms with Gasteiger partial charge in [-0.2, -0.15) is 5.10 Å². The van der Waals surface area contributed by atoms with Crippen LogP contribution in [0.2, 0.25) is 0 Å². The summed E-state index contributed by atoms with van der Waals surface area (Å²) in [6, 6.07) is 7.42. The molecule has 0 aliphatic heterocycles. The van der Waals surface area contributed by atoms with Crippen LogP contribution in [0.15, 0.2) is 36.7 Å². The Hall–Kier alpha value is -2.63. The molecule has 0 unspecified atom stereocenters. The molecule has 0 bridgehead atoms. The molecule has 1 aliphatic rings. The van der Waals surface area contributed by atoms with E-state index >= 15 is 0 Å². The van der Waals surface area contributed by atoms with Crippen molar-refractivity contribution in [2.75, 3.05) is 13.1 Å². The van der Waals surface area contributed by atoms with Crippen molar-refractivity contribution in [2.45, 2.75) is 33.2 Å². The van der Waals surface area contributed by atoms with Crippen LogP contribution in [0.1, 0.15) is 42.6 Å². The number of nitrogens with one attached hydrogen (secondary N) is 1. The maximum atomic E-state index is 12.3. The number of aromatic nitrogens is 2. The van der Waals surface area contributed by atoms with Crippen molar-refractivity contribution in [1.82, 2.24) is 20.0 Å². The Kier molecular flexibility index (Phi) is 5.16. The lowest BCUT2D eigenvalue weighted by molar-refractivity contribution is -0.122. The molecule has 132 valence electrons. The van der Waals surface area contributed by atoms with E-state index in [4.69, 9.17) is 0 Å². The Morgan fingerprint density at radius 3 is 2.48 bits per heavy atom. The first-order valence-electron chi connectivity index (χ1n) is 8.83. The van der Waals surface area contributed by atoms with E-state index < -0.39 is 0 Å². The third-order valence-corrected chi connectivity index (χ3v) is 4.48. The molecule has 1 aromatic heterocycles. The Labute approximate surface area is 147 Å². The standard InChI is InChI=1S/C19H24N4O2/c1-3-22(4-2)19(25)16-7-9-17(10-8-16)23-13-14(12-21-23)11-20-18(24)15-5-6-15/h7-10,12-13,15H,3-6,11H2,1-2H3,(H,20,24). The smallest absolute Gasteiger partial charge is 0.253 e. The predicted octanol–water partition coefficient (Wildman–Crippen LogP) is 2.38. The van der Waals surface area contributed by atoms with Crippen LogP contribution >= 0.6 is 0 Å². The number of hydrogen-bond donors (Lipinski definition) is 1. The average molecular weight is 340 g/mol. The van der Waals surface area contributed by atoms with Crippen LogP contribution in [0.4, 0.5) is 0 Å². The fourth-order valence-corrected chi connectivity index (χ4v) is 2.72. The number of hydrogen-bond acceptors (Lipinski definition) is 3. The SMILES string of the molecule is CCN(CC)C(=O)c1ccc(-n2cc(CNC(=O)C3CC3)cn2)cc1. The molecule has 1 N–H and O–H groups in total. The maximum Gasteiger partial charge on any atom is 0.253 e. The van der Waals surface area contributed by atoms with Gasteiger partial charge in [-0.3, -0.25) is 9.59 Å². The second-order valence-corrected chi connectivity index (χ2v) is 6.31. The van der Waals surface area contributed by atoms with Crippen molar-refractivity contribution < 1.29 is 9.59 Å². The second kappa shape index (κ2) is 7.51. The lowest BCUT2D eigenvalue weighted by Crippen LogP contribution is -2.30. The molecular weight excluding hydrogens is 316 g/mol. The summed E-state index contributed by atoms with van der Waals surface area (Å²) in [5.41, 5.74) is 2.52. The number of carbonyl (C=O) groups is 2. The summed E-state index contributed by atoms with van der Waals surface area (Å²) in [6.07, 6.45) is 5.66. The molecule has 0 saturated heterocycles. The largest absolute Gasteiger partial charge is 0.352 e. The van der Waals surface area contributed by atoms with Crippen LogP contribution in [0, 0.1) is 5.92 Å². The fourth-order valence-electron chi connectivity index (χ4n) is 2.72. The molecule has 2 amide bonds. The van der Waals surface area contributed by atoms with Crippen molar-refractivity contribution in [2.24, 2.45) is 5.92 Å². The lowest BCUT2D eigenvalue weighted by Gasteiger charge is -2.18. The molecule has 0 atom stereocenters. The van der Waals surface area contributed by atoms with Gasteiger partial charge in [0.2, 0.25) is 5.91 Å². The summed E-state index contributed by atoms with van der Waals surface area (Å²) in [6.45, 7) is 5.85. The van der Waals surface area contributed by atoms with Crippen LogP contribution in [0.25, 0.3) is 5.69 Å². The zero-order chi connectivity index (χ0) is 17.8. The quantitative estimate of drug-likeness (QED) is 0.841. The van der Waals surface area contributed by atoms with Crippen LogP contribution in [0.5, 0.6) is 0 Å². The Morgan fingerprint density at radius 1 is 1.20 bits per heavy atom. The van der Waals surface area contributed by atoms with E-state index in [2.05, 4.69) is 10.4 Å². The Morgan fingerprint density at radius 2 is 1.88 bits per heavy atom. The predicted molar refractivity (Wildman–Crippen MR) is 95.4 cm³/mol. The van der Waals surface area contributed by atoms with Gasteiger partial charge in [0.05, 0.1) is 11.9 Å². The highest BCUT2D eigenvalue weighted by Crippen LogP contribution is 2.28. The summed E-state index contributed by atoms with van der Waals surface area (Å²) < 4.78 is 1.75. The highest BCUT2D eigenvalue weighted by atomic mass is 16.2. The van der Waals surface area contributed by atoms with Gasteiger partial charge in [-0.1, -0.05) is 0 Å². The summed E-state index contributed by atoms with van der Waals surface area (Å²) in [7, 11) is 0. The van der Waals surface area contributed by atoms with Gasteiger partial charge < -0.3 is 10.2 Å². The minimum Gasteiger partial charge on any atom is -0.352 e. The topological polar surface area (TPSA) is 67.2 Å². The van der Waals surface area contributed by atoms with Crippen LogP contribution < -0.4 is 5.32 Å². The number of benzene rings is 1. The summed E-state index contributed by atoms with van der Waals surface area (Å²) in [4.78, 5) is 25.8. The van der Waals surface area contributed by atoms with Gasteiger partial charge in [-0.15, -0.1) is 0 Å². The first-order valence-corrected chi connectivity index (χ1v) is 8.83. The molecule has 1 heterocycles. The summed E-state index contributed by atoms with van der Waals surface area (Å²) in [5.74, 6) is 0.387. The third kappa shape index (κ3) is 4.07. The fraction of sp³-hybridized carbons (Fsp3) is 0.421. The molecule has 1 aliphatic carbocycles. The van der Waals surface area contributed by atoms with E-state index in [1.807, 2.05) is 44.3 Å². The monoisotopic (exact) mass is 340 g/mol. The van der Waals surface area contributed by atoms with Crippen molar-refractivity contribution in [3.63, 3.8) is 0 Å². The number of rotatable bonds is 7. The first kappa shape index (κ1) is 17.2. The van der Waals surface area contributed by atoms with Crippen LogP contribution in [-0.2, 0) is 11.3 Å². The molecule has 1 fully saturated rings. The van der Waals surface area contributed by atoms with Crippen LogP contribution in [-0.4, -0.2) is 39.6 Å². The zero-order valence-corrected chi connectivity index (χ0v) is 14.7. The minimum atomic E-state index is 0.0421.